The summed E-state index contributed by atoms with van der Waals surface area (Å²) in [6, 6.07) is 1.14. The number of ether oxygens (including phenoxy) is 9. The lowest BCUT2D eigenvalue weighted by Gasteiger charge is -2.64. The molecule has 1 amide bonds. The number of cyclic esters (lactones) is 1. The highest BCUT2D eigenvalue weighted by atomic mass is 32.2. The number of hydrogen-bond acceptors (Lipinski definition) is 16. The number of rotatable bonds is 9. The molecular formula is C40H52N4O12S. The Morgan fingerprint density at radius 1 is 1.11 bits per heavy atom. The normalized spacial score (nSPS) is 30.7. The second-order valence-electron chi connectivity index (χ2n) is 16.1. The number of carbonyl (C=O) groups is 3. The van der Waals surface area contributed by atoms with Crippen molar-refractivity contribution in [1.29, 1.82) is 5.26 Å². The van der Waals surface area contributed by atoms with Crippen molar-refractivity contribution in [2.45, 2.75) is 101 Å². The summed E-state index contributed by atoms with van der Waals surface area (Å²) in [5.74, 6) is 0.527. The van der Waals surface area contributed by atoms with E-state index in [-0.39, 0.29) is 32.0 Å². The van der Waals surface area contributed by atoms with Gasteiger partial charge in [0.1, 0.15) is 30.4 Å². The molecule has 5 unspecified atom stereocenters. The molecule has 4 saturated heterocycles. The van der Waals surface area contributed by atoms with Crippen molar-refractivity contribution in [2.24, 2.45) is 5.92 Å². The van der Waals surface area contributed by atoms with Crippen molar-refractivity contribution >= 4 is 29.8 Å². The number of methoxy groups -OCH3 is 2. The zero-order valence-electron chi connectivity index (χ0n) is 33.9. The molecule has 5 heterocycles. The molecular weight excluding hydrogens is 761 g/mol. The van der Waals surface area contributed by atoms with E-state index in [1.165, 1.54) is 18.7 Å². The summed E-state index contributed by atoms with van der Waals surface area (Å²) in [4.78, 5) is 44.4. The minimum atomic E-state index is -1.08. The molecule has 0 saturated carbocycles. The number of nitriles is 1. The van der Waals surface area contributed by atoms with E-state index in [4.69, 9.17) is 42.6 Å². The molecule has 5 aliphatic heterocycles. The molecule has 310 valence electrons. The molecule has 4 bridgehead atoms. The van der Waals surface area contributed by atoms with Crippen molar-refractivity contribution in [2.75, 3.05) is 60.4 Å². The van der Waals surface area contributed by atoms with Crippen LogP contribution < -0.4 is 14.8 Å². The highest BCUT2D eigenvalue weighted by Crippen LogP contribution is 2.59. The third-order valence-electron chi connectivity index (χ3n) is 11.5. The summed E-state index contributed by atoms with van der Waals surface area (Å²) in [5, 5.41) is 13.4. The highest BCUT2D eigenvalue weighted by molar-refractivity contribution is 8.00. The number of likely N-dealkylation sites (N-methyl/N-ethyl adjacent to an activating group) is 1. The average molecular weight is 813 g/mol. The molecule has 1 N–H and O–H groups in total. The van der Waals surface area contributed by atoms with Crippen molar-refractivity contribution < 1.29 is 57.0 Å². The maximum atomic E-state index is 13.9. The lowest BCUT2D eigenvalue weighted by molar-refractivity contribution is -0.154. The summed E-state index contributed by atoms with van der Waals surface area (Å²) in [6.45, 7) is 10.9. The van der Waals surface area contributed by atoms with Crippen molar-refractivity contribution in [3.05, 3.63) is 45.4 Å². The molecule has 1 aromatic rings. The van der Waals surface area contributed by atoms with Gasteiger partial charge in [-0.15, -0.1) is 0 Å². The number of amides is 1. The Balaban J connectivity index is 1.43. The summed E-state index contributed by atoms with van der Waals surface area (Å²) in [7, 11) is 5.23. The standard InChI is InChI=1S/C40H52N4O12S/c1-19-12-22-13-24-25(14-41)44-26-15-51-38(46)23(42-39(47)56-40(4,5)6)16-57-37(29-28(26)36-34(53-18-54-36)20(2)33(29)55-21(3)45)31(44)30(43(24)7)27(22)35(32(19)49-9)52-17-50-11-10-48-8/h12,23-26,29-31,33,37H,10-11,13,15-18H2,1-9H3,(H,42,47)/t23?,24-,25?,26-,29?,30-,31?,33?,37-/m1/s1. The van der Waals surface area contributed by atoms with Crippen molar-refractivity contribution in [3.63, 3.8) is 0 Å². The number of aryl methyl sites for hydroxylation is 1. The van der Waals surface area contributed by atoms with Crippen LogP contribution in [0.15, 0.2) is 28.7 Å². The monoisotopic (exact) mass is 812 g/mol. The van der Waals surface area contributed by atoms with Crippen LogP contribution >= 0.6 is 11.8 Å². The summed E-state index contributed by atoms with van der Waals surface area (Å²) in [6.07, 6.45) is -1.01. The molecule has 4 fully saturated rings. The molecule has 57 heavy (non-hydrogen) atoms. The predicted octanol–water partition coefficient (Wildman–Crippen LogP) is 3.50. The second-order valence-corrected chi connectivity index (χ2v) is 17.3. The van der Waals surface area contributed by atoms with Gasteiger partial charge in [-0.1, -0.05) is 6.07 Å². The van der Waals surface area contributed by atoms with Gasteiger partial charge in [-0.3, -0.25) is 14.6 Å². The van der Waals surface area contributed by atoms with Gasteiger partial charge in [0.15, 0.2) is 29.8 Å². The Kier molecular flexibility index (Phi) is 11.6. The lowest BCUT2D eigenvalue weighted by Crippen LogP contribution is -2.75. The van der Waals surface area contributed by atoms with Crippen LogP contribution in [-0.2, 0) is 49.2 Å². The fourth-order valence-corrected chi connectivity index (χ4v) is 11.0. The smallest absolute Gasteiger partial charge is 0.408 e. The van der Waals surface area contributed by atoms with Crippen LogP contribution in [0.25, 0.3) is 0 Å². The van der Waals surface area contributed by atoms with E-state index in [9.17, 15) is 19.6 Å². The number of thioether (sulfide) groups is 1. The first-order chi connectivity index (χ1) is 27.2. The van der Waals surface area contributed by atoms with Crippen LogP contribution in [-0.4, -0.2) is 135 Å². The Bertz CT molecular complexity index is 1890. The molecule has 1 aliphatic carbocycles. The molecule has 9 atom stereocenters. The molecule has 16 nitrogen and oxygen atoms in total. The van der Waals surface area contributed by atoms with Gasteiger partial charge in [-0.05, 0) is 59.2 Å². The number of piperidine rings is 1. The number of nitrogens with one attached hydrogen (secondary N) is 1. The van der Waals surface area contributed by atoms with Crippen LogP contribution in [0.1, 0.15) is 57.4 Å². The third-order valence-corrected chi connectivity index (χ3v) is 13.0. The predicted molar refractivity (Wildman–Crippen MR) is 204 cm³/mol. The second kappa shape index (κ2) is 16.2. The number of piperazine rings is 1. The van der Waals surface area contributed by atoms with E-state index in [1.54, 1.807) is 35.0 Å². The van der Waals surface area contributed by atoms with Crippen molar-refractivity contribution in [3.8, 4) is 17.6 Å². The fourth-order valence-electron chi connectivity index (χ4n) is 9.42. The van der Waals surface area contributed by atoms with Crippen LogP contribution in [0, 0.1) is 24.2 Å². The van der Waals surface area contributed by atoms with Gasteiger partial charge >= 0.3 is 18.0 Å². The van der Waals surface area contributed by atoms with Gasteiger partial charge in [-0.25, -0.2) is 9.59 Å². The van der Waals surface area contributed by atoms with E-state index in [0.29, 0.717) is 48.2 Å². The average Bonchev–Trinajstić information content (AvgIpc) is 3.63. The molecule has 0 aromatic heterocycles. The summed E-state index contributed by atoms with van der Waals surface area (Å²) < 4.78 is 53.6. The van der Waals surface area contributed by atoms with Gasteiger partial charge in [-0.2, -0.15) is 17.0 Å². The number of carbonyl (C=O) groups excluding carboxylic acids is 3. The fraction of sp³-hybridized carbons (Fsp3) is 0.650. The first-order valence-corrected chi connectivity index (χ1v) is 20.2. The Morgan fingerprint density at radius 3 is 2.54 bits per heavy atom. The van der Waals surface area contributed by atoms with E-state index < -0.39 is 71.1 Å². The van der Waals surface area contributed by atoms with Crippen LogP contribution in [0.2, 0.25) is 0 Å². The van der Waals surface area contributed by atoms with Crippen LogP contribution in [0.5, 0.6) is 11.5 Å². The zero-order chi connectivity index (χ0) is 40.9. The first-order valence-electron chi connectivity index (χ1n) is 19.1. The maximum Gasteiger partial charge on any atom is 0.408 e. The van der Waals surface area contributed by atoms with E-state index >= 15 is 0 Å². The Hall–Kier alpha value is -4.21. The van der Waals surface area contributed by atoms with Crippen LogP contribution in [0.4, 0.5) is 4.79 Å². The number of fused-ring (bicyclic) bond motifs is 8. The van der Waals surface area contributed by atoms with Gasteiger partial charge in [0.25, 0.3) is 0 Å². The molecule has 6 aliphatic rings. The van der Waals surface area contributed by atoms with Gasteiger partial charge in [0.2, 0.25) is 6.79 Å². The molecule has 17 heteroatoms. The topological polar surface area (TPSA) is 177 Å². The number of benzene rings is 1. The maximum absolute atomic E-state index is 13.9. The number of esters is 2. The Morgan fingerprint density at radius 2 is 1.86 bits per heavy atom. The molecule has 0 radical (unpaired) electrons. The minimum absolute atomic E-state index is 0.0457. The minimum Gasteiger partial charge on any atom is -0.493 e. The van der Waals surface area contributed by atoms with E-state index in [1.807, 2.05) is 20.9 Å². The first kappa shape index (κ1) is 41.0. The number of hydrogen-bond donors (Lipinski definition) is 1. The van der Waals surface area contributed by atoms with Gasteiger partial charge < -0.3 is 47.9 Å². The number of nitrogens with zero attached hydrogens (tertiary/aromatic N) is 3. The van der Waals surface area contributed by atoms with E-state index in [2.05, 4.69) is 27.3 Å². The lowest BCUT2D eigenvalue weighted by atomic mass is 9.66. The zero-order valence-corrected chi connectivity index (χ0v) is 34.7. The molecule has 7 rings (SSSR count). The highest BCUT2D eigenvalue weighted by Gasteiger charge is 2.64. The van der Waals surface area contributed by atoms with Gasteiger partial charge in [0.05, 0.1) is 38.5 Å². The van der Waals surface area contributed by atoms with Gasteiger partial charge in [0, 0.05) is 59.7 Å². The molecule has 1 aromatic carbocycles. The van der Waals surface area contributed by atoms with Crippen molar-refractivity contribution in [1.82, 2.24) is 15.1 Å². The summed E-state index contributed by atoms with van der Waals surface area (Å²) >= 11 is 1.44. The largest absolute Gasteiger partial charge is 0.493 e. The number of alkyl carbamates (subject to hydrolysis) is 1. The van der Waals surface area contributed by atoms with Crippen LogP contribution in [0.3, 0.4) is 0 Å². The molecule has 0 spiro atoms. The van der Waals surface area contributed by atoms with E-state index in [0.717, 1.165) is 22.3 Å². The third kappa shape index (κ3) is 7.39. The summed E-state index contributed by atoms with van der Waals surface area (Å²) in [5.41, 5.74) is 3.42. The Labute approximate surface area is 337 Å². The quantitative estimate of drug-likeness (QED) is 0.166. The SMILES string of the molecule is COCCOCOc1c(OC)c(C)cc2c1[C@@H]1C3[C@@H]4SCC(NC(=O)OC(C)(C)C)C(=O)OC[C@H](C5=C6OCOC6=C(C)C(OC(C)=O)C54)N3C(C#N)[C@@H](C2)N1C.